The predicted octanol–water partition coefficient (Wildman–Crippen LogP) is 1.13. The Kier molecular flexibility index (Phi) is 9.56. The fourth-order valence-electron chi connectivity index (χ4n) is 1.65. The maximum absolute atomic E-state index is 9.20. The molecule has 0 saturated heterocycles. The molecule has 0 amide bonds. The van der Waals surface area contributed by atoms with Gasteiger partial charge in [-0.25, -0.2) is 0 Å². The van der Waals surface area contributed by atoms with Crippen molar-refractivity contribution < 1.29 is 10.2 Å². The van der Waals surface area contributed by atoms with Crippen molar-refractivity contribution in [2.45, 2.75) is 44.8 Å². The van der Waals surface area contributed by atoms with Crippen LogP contribution in [0.1, 0.15) is 33.1 Å². The molecule has 0 aliphatic rings. The van der Waals surface area contributed by atoms with Crippen molar-refractivity contribution in [2.75, 3.05) is 24.7 Å². The Labute approximate surface area is 108 Å². The van der Waals surface area contributed by atoms with E-state index in [9.17, 15) is 5.26 Å². The van der Waals surface area contributed by atoms with Gasteiger partial charge in [-0.05, 0) is 31.6 Å². The van der Waals surface area contributed by atoms with Crippen molar-refractivity contribution in [1.29, 1.82) is 5.26 Å². The van der Waals surface area contributed by atoms with Crippen LogP contribution < -0.4 is 5.32 Å². The van der Waals surface area contributed by atoms with Crippen LogP contribution in [0.5, 0.6) is 0 Å². The van der Waals surface area contributed by atoms with Crippen LogP contribution >= 0.6 is 11.8 Å². The van der Waals surface area contributed by atoms with Crippen LogP contribution in [0.4, 0.5) is 0 Å². The lowest BCUT2D eigenvalue weighted by molar-refractivity contribution is 0.113. The Morgan fingerprint density at radius 3 is 2.65 bits per heavy atom. The van der Waals surface area contributed by atoms with Crippen LogP contribution in [0, 0.1) is 11.3 Å². The highest BCUT2D eigenvalue weighted by Crippen LogP contribution is 2.18. The molecule has 0 radical (unpaired) electrons. The number of hydrogen-bond acceptors (Lipinski definition) is 5. The van der Waals surface area contributed by atoms with Gasteiger partial charge in [-0.2, -0.15) is 17.0 Å². The largest absolute Gasteiger partial charge is 0.394 e. The monoisotopic (exact) mass is 260 g/mol. The molecule has 0 aliphatic heterocycles. The summed E-state index contributed by atoms with van der Waals surface area (Å²) in [5.41, 5.74) is -0.398. The topological polar surface area (TPSA) is 76.3 Å². The van der Waals surface area contributed by atoms with Crippen LogP contribution in [-0.2, 0) is 0 Å². The summed E-state index contributed by atoms with van der Waals surface area (Å²) in [6.07, 6.45) is 1.95. The molecule has 0 aromatic rings. The van der Waals surface area contributed by atoms with E-state index in [1.807, 2.05) is 13.8 Å². The summed E-state index contributed by atoms with van der Waals surface area (Å²) in [6.45, 7) is 4.65. The molecule has 0 spiro atoms. The van der Waals surface area contributed by atoms with E-state index in [0.29, 0.717) is 5.75 Å². The summed E-state index contributed by atoms with van der Waals surface area (Å²) in [5, 5.41) is 30.3. The first-order chi connectivity index (χ1) is 8.14. The van der Waals surface area contributed by atoms with E-state index in [1.54, 1.807) is 11.8 Å². The van der Waals surface area contributed by atoms with Crippen molar-refractivity contribution in [2.24, 2.45) is 0 Å². The number of aliphatic hydroxyl groups excluding tert-OH is 2. The summed E-state index contributed by atoms with van der Waals surface area (Å²) >= 11 is 1.62. The smallest absolute Gasteiger partial charge is 0.106 e. The molecule has 2 unspecified atom stereocenters. The van der Waals surface area contributed by atoms with Crippen molar-refractivity contribution in [3.63, 3.8) is 0 Å². The zero-order chi connectivity index (χ0) is 13.1. The van der Waals surface area contributed by atoms with E-state index in [4.69, 9.17) is 10.2 Å². The first-order valence-corrected chi connectivity index (χ1v) is 7.32. The lowest BCUT2D eigenvalue weighted by Gasteiger charge is -2.25. The standard InChI is InChI=1S/C12H24N2O2S/c1-3-12(10-13,14-4-2)6-5-7-17-9-11(16)8-15/h11,14-16H,3-9H2,1-2H3. The minimum atomic E-state index is -0.624. The van der Waals surface area contributed by atoms with Gasteiger partial charge in [0.05, 0.1) is 18.8 Å². The van der Waals surface area contributed by atoms with Gasteiger partial charge in [0, 0.05) is 5.75 Å². The summed E-state index contributed by atoms with van der Waals surface area (Å²) in [7, 11) is 0. The number of thioether (sulfide) groups is 1. The Morgan fingerprint density at radius 1 is 1.47 bits per heavy atom. The third-order valence-electron chi connectivity index (χ3n) is 2.75. The molecule has 3 N–H and O–H groups in total. The third-order valence-corrected chi connectivity index (χ3v) is 3.94. The van der Waals surface area contributed by atoms with Crippen LogP contribution in [0.3, 0.4) is 0 Å². The highest BCUT2D eigenvalue weighted by Gasteiger charge is 2.25. The summed E-state index contributed by atoms with van der Waals surface area (Å²) in [4.78, 5) is 0. The number of aliphatic hydroxyl groups is 2. The Bertz CT molecular complexity index is 233. The van der Waals surface area contributed by atoms with Crippen LogP contribution in [0.25, 0.3) is 0 Å². The molecule has 0 fully saturated rings. The van der Waals surface area contributed by atoms with Gasteiger partial charge >= 0.3 is 0 Å². The number of hydrogen-bond donors (Lipinski definition) is 3. The second kappa shape index (κ2) is 9.72. The van der Waals surface area contributed by atoms with Crippen molar-refractivity contribution >= 4 is 11.8 Å². The minimum absolute atomic E-state index is 0.179. The third kappa shape index (κ3) is 6.89. The average molecular weight is 260 g/mol. The number of rotatable bonds is 10. The maximum atomic E-state index is 9.20. The molecule has 0 heterocycles. The lowest BCUT2D eigenvalue weighted by atomic mass is 9.92. The van der Waals surface area contributed by atoms with Gasteiger partial charge in [-0.1, -0.05) is 13.8 Å². The van der Waals surface area contributed by atoms with Crippen LogP contribution in [-0.4, -0.2) is 46.5 Å². The quantitative estimate of drug-likeness (QED) is 0.513. The lowest BCUT2D eigenvalue weighted by Crippen LogP contribution is -2.43. The van der Waals surface area contributed by atoms with E-state index < -0.39 is 11.6 Å². The van der Waals surface area contributed by atoms with Gasteiger partial charge in [-0.15, -0.1) is 0 Å². The predicted molar refractivity (Wildman–Crippen MR) is 72.0 cm³/mol. The van der Waals surface area contributed by atoms with E-state index >= 15 is 0 Å². The normalized spacial score (nSPS) is 16.2. The van der Waals surface area contributed by atoms with Gasteiger partial charge in [0.25, 0.3) is 0 Å². The molecule has 0 rings (SSSR count). The zero-order valence-electron chi connectivity index (χ0n) is 10.8. The molecule has 17 heavy (non-hydrogen) atoms. The average Bonchev–Trinajstić information content (AvgIpc) is 2.36. The molecule has 0 aromatic heterocycles. The fraction of sp³-hybridized carbons (Fsp3) is 0.917. The Balaban J connectivity index is 3.80. The van der Waals surface area contributed by atoms with Gasteiger partial charge in [0.15, 0.2) is 0 Å². The second-order valence-electron chi connectivity index (χ2n) is 4.09. The molecule has 0 aromatic carbocycles. The van der Waals surface area contributed by atoms with Gasteiger partial charge in [0.1, 0.15) is 5.54 Å². The molecule has 5 heteroatoms. The minimum Gasteiger partial charge on any atom is -0.394 e. The first kappa shape index (κ1) is 16.7. The molecule has 2 atom stereocenters. The fourth-order valence-corrected chi connectivity index (χ4v) is 2.54. The van der Waals surface area contributed by atoms with Crippen molar-refractivity contribution in [3.8, 4) is 6.07 Å². The molecule has 0 bridgehead atoms. The number of nitrogens with one attached hydrogen (secondary N) is 1. The van der Waals surface area contributed by atoms with E-state index in [-0.39, 0.29) is 6.61 Å². The second-order valence-corrected chi connectivity index (χ2v) is 5.24. The first-order valence-electron chi connectivity index (χ1n) is 6.17. The van der Waals surface area contributed by atoms with E-state index in [0.717, 1.165) is 31.6 Å². The molecule has 0 aliphatic carbocycles. The molecular formula is C12H24N2O2S. The summed E-state index contributed by atoms with van der Waals surface area (Å²) < 4.78 is 0. The number of nitrogens with zero attached hydrogens (tertiary/aromatic N) is 1. The Hall–Kier alpha value is -0.280. The van der Waals surface area contributed by atoms with Crippen molar-refractivity contribution in [3.05, 3.63) is 0 Å². The highest BCUT2D eigenvalue weighted by atomic mass is 32.2. The summed E-state index contributed by atoms with van der Waals surface area (Å²) in [5.74, 6) is 1.47. The maximum Gasteiger partial charge on any atom is 0.106 e. The summed E-state index contributed by atoms with van der Waals surface area (Å²) in [6, 6.07) is 2.37. The molecule has 0 saturated carbocycles. The van der Waals surface area contributed by atoms with E-state index in [1.165, 1.54) is 0 Å². The van der Waals surface area contributed by atoms with E-state index in [2.05, 4.69) is 11.4 Å². The van der Waals surface area contributed by atoms with Gasteiger partial charge in [0.2, 0.25) is 0 Å². The highest BCUT2D eigenvalue weighted by molar-refractivity contribution is 7.99. The van der Waals surface area contributed by atoms with Crippen molar-refractivity contribution in [1.82, 2.24) is 5.32 Å². The Morgan fingerprint density at radius 2 is 2.18 bits per heavy atom. The van der Waals surface area contributed by atoms with Gasteiger partial charge < -0.3 is 10.2 Å². The van der Waals surface area contributed by atoms with Gasteiger partial charge in [-0.3, -0.25) is 5.32 Å². The zero-order valence-corrected chi connectivity index (χ0v) is 11.6. The van der Waals surface area contributed by atoms with Crippen LogP contribution in [0.15, 0.2) is 0 Å². The molecule has 100 valence electrons. The van der Waals surface area contributed by atoms with Crippen LogP contribution in [0.2, 0.25) is 0 Å². The number of nitriles is 1. The molecule has 4 nitrogen and oxygen atoms in total. The molecular weight excluding hydrogens is 236 g/mol. The SMILES string of the molecule is CCNC(C#N)(CC)CCCSCC(O)CO.